The number of nitrogens with zero attached hydrogens (tertiary/aromatic N) is 1. The lowest BCUT2D eigenvalue weighted by Gasteiger charge is -2.04. The second-order valence-electron chi connectivity index (χ2n) is 2.68. The van der Waals surface area contributed by atoms with Crippen LogP contribution in [0.4, 0.5) is 5.69 Å². The molecule has 5 nitrogen and oxygen atoms in total. The lowest BCUT2D eigenvalue weighted by atomic mass is 10.1. The summed E-state index contributed by atoms with van der Waals surface area (Å²) in [6.07, 6.45) is -0.744. The average molecular weight is 183 g/mol. The Morgan fingerprint density at radius 3 is 2.54 bits per heavy atom. The Hall–Kier alpha value is -1.62. The van der Waals surface area contributed by atoms with E-state index in [1.807, 2.05) is 0 Å². The Labute approximate surface area is 74.4 Å². The number of aliphatic hydroxyl groups excluding tert-OH is 1. The molecule has 0 spiro atoms. The number of benzene rings is 1. The van der Waals surface area contributed by atoms with E-state index in [0.29, 0.717) is 5.56 Å². The Morgan fingerprint density at radius 1 is 1.54 bits per heavy atom. The highest BCUT2D eigenvalue weighted by Gasteiger charge is 2.14. The molecule has 13 heavy (non-hydrogen) atoms. The molecule has 0 radical (unpaired) electrons. The molecule has 70 valence electrons. The van der Waals surface area contributed by atoms with Crippen molar-refractivity contribution in [2.75, 3.05) is 0 Å². The van der Waals surface area contributed by atoms with Crippen molar-refractivity contribution >= 4 is 5.69 Å². The van der Waals surface area contributed by atoms with Crippen LogP contribution in [0.5, 0.6) is 5.75 Å². The van der Waals surface area contributed by atoms with Gasteiger partial charge in [-0.1, -0.05) is 0 Å². The van der Waals surface area contributed by atoms with Crippen LogP contribution in [-0.2, 0) is 0 Å². The van der Waals surface area contributed by atoms with Crippen molar-refractivity contribution in [2.24, 2.45) is 0 Å². The van der Waals surface area contributed by atoms with Crippen molar-refractivity contribution < 1.29 is 15.1 Å². The fraction of sp³-hybridized carbons (Fsp3) is 0.250. The first-order valence-electron chi connectivity index (χ1n) is 3.67. The summed E-state index contributed by atoms with van der Waals surface area (Å²) < 4.78 is 0. The van der Waals surface area contributed by atoms with Gasteiger partial charge in [-0.15, -0.1) is 0 Å². The van der Waals surface area contributed by atoms with E-state index in [-0.39, 0.29) is 5.69 Å². The third kappa shape index (κ3) is 1.94. The normalized spacial score (nSPS) is 12.5. The Morgan fingerprint density at radius 2 is 2.15 bits per heavy atom. The third-order valence-corrected chi connectivity index (χ3v) is 1.68. The number of hydrogen-bond donors (Lipinski definition) is 2. The van der Waals surface area contributed by atoms with Crippen LogP contribution in [-0.4, -0.2) is 15.1 Å². The van der Waals surface area contributed by atoms with Gasteiger partial charge in [0.25, 0.3) is 0 Å². The molecule has 1 aromatic carbocycles. The summed E-state index contributed by atoms with van der Waals surface area (Å²) in [6, 6.07) is 3.75. The van der Waals surface area contributed by atoms with Gasteiger partial charge in [-0.3, -0.25) is 10.1 Å². The largest absolute Gasteiger partial charge is 0.502 e. The van der Waals surface area contributed by atoms with Gasteiger partial charge < -0.3 is 10.2 Å². The minimum atomic E-state index is -0.744. The summed E-state index contributed by atoms with van der Waals surface area (Å²) >= 11 is 0. The molecule has 0 unspecified atom stereocenters. The van der Waals surface area contributed by atoms with Gasteiger partial charge in [0, 0.05) is 6.07 Å². The van der Waals surface area contributed by atoms with Crippen molar-refractivity contribution in [2.45, 2.75) is 13.0 Å². The molecule has 0 bridgehead atoms. The van der Waals surface area contributed by atoms with Gasteiger partial charge in [-0.25, -0.2) is 0 Å². The Bertz CT molecular complexity index is 335. The lowest BCUT2D eigenvalue weighted by molar-refractivity contribution is -0.385. The molecule has 0 fully saturated rings. The number of aliphatic hydroxyl groups is 1. The lowest BCUT2D eigenvalue weighted by Crippen LogP contribution is -1.93. The fourth-order valence-corrected chi connectivity index (χ4v) is 0.955. The zero-order valence-corrected chi connectivity index (χ0v) is 6.97. The number of phenolic OH excluding ortho intramolecular Hbond substituents is 1. The fourth-order valence-electron chi connectivity index (χ4n) is 0.955. The summed E-state index contributed by atoms with van der Waals surface area (Å²) in [4.78, 5) is 9.61. The summed E-state index contributed by atoms with van der Waals surface area (Å²) in [7, 11) is 0. The van der Waals surface area contributed by atoms with Crippen LogP contribution in [0, 0.1) is 10.1 Å². The number of aromatic hydroxyl groups is 1. The van der Waals surface area contributed by atoms with E-state index >= 15 is 0 Å². The van der Waals surface area contributed by atoms with Gasteiger partial charge >= 0.3 is 5.69 Å². The van der Waals surface area contributed by atoms with Crippen molar-refractivity contribution in [1.29, 1.82) is 0 Å². The standard InChI is InChI=1S/C8H9NO4/c1-5(10)6-2-3-7(9(12)13)8(11)4-6/h2-5,10-11H,1H3/t5-/m0/s1. The molecular weight excluding hydrogens is 174 g/mol. The van der Waals surface area contributed by atoms with E-state index in [0.717, 1.165) is 6.07 Å². The summed E-state index contributed by atoms with van der Waals surface area (Å²) in [5.41, 5.74) is 0.0903. The number of nitro benzene ring substituents is 1. The molecule has 0 aliphatic rings. The van der Waals surface area contributed by atoms with Gasteiger partial charge in [0.2, 0.25) is 0 Å². The first-order chi connectivity index (χ1) is 6.02. The Balaban J connectivity index is 3.13. The Kier molecular flexibility index (Phi) is 2.48. The molecule has 0 aliphatic heterocycles. The monoisotopic (exact) mass is 183 g/mol. The van der Waals surface area contributed by atoms with E-state index in [2.05, 4.69) is 0 Å². The molecule has 0 amide bonds. The summed E-state index contributed by atoms with van der Waals surface area (Å²) in [6.45, 7) is 1.51. The molecule has 0 aliphatic carbocycles. The topological polar surface area (TPSA) is 83.6 Å². The minimum absolute atomic E-state index is 0.357. The molecule has 0 heterocycles. The van der Waals surface area contributed by atoms with Gasteiger partial charge in [0.05, 0.1) is 11.0 Å². The molecule has 0 saturated heterocycles. The maximum Gasteiger partial charge on any atom is 0.310 e. The van der Waals surface area contributed by atoms with Crippen LogP contribution in [0.1, 0.15) is 18.6 Å². The van der Waals surface area contributed by atoms with Crippen LogP contribution in [0.3, 0.4) is 0 Å². The van der Waals surface area contributed by atoms with Gasteiger partial charge in [-0.2, -0.15) is 0 Å². The first-order valence-corrected chi connectivity index (χ1v) is 3.67. The molecule has 5 heteroatoms. The number of phenols is 1. The molecule has 1 atom stereocenters. The number of rotatable bonds is 2. The maximum absolute atomic E-state index is 10.3. The minimum Gasteiger partial charge on any atom is -0.502 e. The molecule has 1 aromatic rings. The van der Waals surface area contributed by atoms with E-state index in [4.69, 9.17) is 10.2 Å². The molecule has 0 saturated carbocycles. The van der Waals surface area contributed by atoms with E-state index in [1.54, 1.807) is 0 Å². The van der Waals surface area contributed by atoms with E-state index < -0.39 is 16.8 Å². The average Bonchev–Trinajstić information content (AvgIpc) is 2.03. The van der Waals surface area contributed by atoms with E-state index in [9.17, 15) is 10.1 Å². The van der Waals surface area contributed by atoms with Crippen LogP contribution < -0.4 is 0 Å². The predicted octanol–water partition coefficient (Wildman–Crippen LogP) is 1.35. The highest BCUT2D eigenvalue weighted by molar-refractivity contribution is 5.47. The van der Waals surface area contributed by atoms with Crippen LogP contribution >= 0.6 is 0 Å². The molecule has 2 N–H and O–H groups in total. The van der Waals surface area contributed by atoms with Crippen LogP contribution in [0.25, 0.3) is 0 Å². The second kappa shape index (κ2) is 3.40. The molecule has 1 rings (SSSR count). The second-order valence-corrected chi connectivity index (χ2v) is 2.68. The highest BCUT2D eigenvalue weighted by atomic mass is 16.6. The van der Waals surface area contributed by atoms with E-state index in [1.165, 1.54) is 19.1 Å². The van der Waals surface area contributed by atoms with Crippen LogP contribution in [0.15, 0.2) is 18.2 Å². The predicted molar refractivity (Wildman–Crippen MR) is 45.4 cm³/mol. The van der Waals surface area contributed by atoms with Crippen molar-refractivity contribution in [3.63, 3.8) is 0 Å². The van der Waals surface area contributed by atoms with Gasteiger partial charge in [0.15, 0.2) is 5.75 Å². The van der Waals surface area contributed by atoms with Crippen molar-refractivity contribution in [3.8, 4) is 5.75 Å². The third-order valence-electron chi connectivity index (χ3n) is 1.68. The molecular formula is C8H9NO4. The number of hydrogen-bond acceptors (Lipinski definition) is 4. The van der Waals surface area contributed by atoms with Crippen molar-refractivity contribution in [1.82, 2.24) is 0 Å². The number of nitro groups is 1. The van der Waals surface area contributed by atoms with Crippen LogP contribution in [0.2, 0.25) is 0 Å². The van der Waals surface area contributed by atoms with Gasteiger partial charge in [0.1, 0.15) is 0 Å². The maximum atomic E-state index is 10.3. The quantitative estimate of drug-likeness (QED) is 0.535. The summed E-state index contributed by atoms with van der Waals surface area (Å²) in [5.74, 6) is -0.427. The first kappa shape index (κ1) is 9.47. The summed E-state index contributed by atoms with van der Waals surface area (Å²) in [5, 5.41) is 28.5. The highest BCUT2D eigenvalue weighted by Crippen LogP contribution is 2.28. The smallest absolute Gasteiger partial charge is 0.310 e. The van der Waals surface area contributed by atoms with Gasteiger partial charge in [-0.05, 0) is 24.6 Å². The zero-order valence-electron chi connectivity index (χ0n) is 6.97. The molecule has 0 aromatic heterocycles. The van der Waals surface area contributed by atoms with Crippen molar-refractivity contribution in [3.05, 3.63) is 33.9 Å². The zero-order chi connectivity index (χ0) is 10.0. The SMILES string of the molecule is C[C@H](O)c1ccc([N+](=O)[O-])c(O)c1.